The van der Waals surface area contributed by atoms with Gasteiger partial charge in [0.15, 0.2) is 0 Å². The highest BCUT2D eigenvalue weighted by Gasteiger charge is 2.20. The maximum Gasteiger partial charge on any atom is 0.0455 e. The summed E-state index contributed by atoms with van der Waals surface area (Å²) in [6.45, 7) is 6.85. The van der Waals surface area contributed by atoms with Crippen LogP contribution >= 0.6 is 11.3 Å². The van der Waals surface area contributed by atoms with E-state index in [1.807, 2.05) is 11.3 Å². The molecule has 0 bridgehead atoms. The molecule has 1 saturated heterocycles. The molecule has 5 rings (SSSR count). The van der Waals surface area contributed by atoms with Gasteiger partial charge in [-0.15, -0.1) is 11.3 Å². The Bertz CT molecular complexity index is 909. The molecule has 1 fully saturated rings. The Balaban J connectivity index is 1.21. The van der Waals surface area contributed by atoms with E-state index >= 15 is 0 Å². The van der Waals surface area contributed by atoms with Crippen molar-refractivity contribution in [1.82, 2.24) is 4.90 Å². The Hall–Kier alpha value is -2.04. The van der Waals surface area contributed by atoms with Gasteiger partial charge in [0.1, 0.15) is 0 Å². The van der Waals surface area contributed by atoms with Crippen molar-refractivity contribution in [1.29, 1.82) is 0 Å². The summed E-state index contributed by atoms with van der Waals surface area (Å²) in [7, 11) is 0. The lowest BCUT2D eigenvalue weighted by atomic mass is 10.0. The number of rotatable bonds is 4. The predicted molar refractivity (Wildman–Crippen MR) is 113 cm³/mol. The van der Waals surface area contributed by atoms with E-state index in [9.17, 15) is 0 Å². The van der Waals surface area contributed by atoms with E-state index in [0.717, 1.165) is 32.7 Å². The smallest absolute Gasteiger partial charge is 0.0455 e. The number of fused-ring (bicyclic) bond motifs is 2. The van der Waals surface area contributed by atoms with Gasteiger partial charge in [-0.3, -0.25) is 4.90 Å². The second-order valence-corrected chi connectivity index (χ2v) is 8.26. The molecule has 2 aliphatic rings. The molecule has 0 saturated carbocycles. The van der Waals surface area contributed by atoms with E-state index in [1.54, 1.807) is 5.56 Å². The minimum Gasteiger partial charge on any atom is -0.384 e. The van der Waals surface area contributed by atoms with Crippen LogP contribution in [0, 0.1) is 0 Å². The third kappa shape index (κ3) is 2.97. The van der Waals surface area contributed by atoms with Crippen LogP contribution in [0.25, 0.3) is 10.1 Å². The third-order valence-electron chi connectivity index (χ3n) is 5.85. The maximum absolute atomic E-state index is 3.50. The number of benzene rings is 2. The van der Waals surface area contributed by atoms with Gasteiger partial charge >= 0.3 is 0 Å². The van der Waals surface area contributed by atoms with Crippen LogP contribution in [0.5, 0.6) is 0 Å². The number of hydrogen-bond acceptors (Lipinski definition) is 4. The predicted octanol–water partition coefficient (Wildman–Crippen LogP) is 4.23. The quantitative estimate of drug-likeness (QED) is 0.748. The SMILES string of the molecule is c1cc(CCN2CCN(c3cccc4sccc34)CC2)c2c(c1)NCC2. The standard InChI is InChI=1S/C22H25N3S/c1-3-17(18-7-10-23-20(18)4-1)8-11-24-12-14-25(15-13-24)21-5-2-6-22-19(21)9-16-26-22/h1-6,9,16,23H,7-8,10-15H2. The Labute approximate surface area is 159 Å². The first-order valence-corrected chi connectivity index (χ1v) is 10.5. The molecule has 26 heavy (non-hydrogen) atoms. The van der Waals surface area contributed by atoms with Crippen LogP contribution in [0.1, 0.15) is 11.1 Å². The van der Waals surface area contributed by atoms with Crippen LogP contribution < -0.4 is 10.2 Å². The van der Waals surface area contributed by atoms with E-state index in [1.165, 1.54) is 46.4 Å². The van der Waals surface area contributed by atoms with E-state index in [4.69, 9.17) is 0 Å². The average molecular weight is 364 g/mol. The molecule has 2 aromatic carbocycles. The van der Waals surface area contributed by atoms with E-state index in [0.29, 0.717) is 0 Å². The van der Waals surface area contributed by atoms with Gasteiger partial charge in [-0.25, -0.2) is 0 Å². The van der Waals surface area contributed by atoms with Gasteiger partial charge in [0.2, 0.25) is 0 Å². The number of nitrogens with zero attached hydrogens (tertiary/aromatic N) is 2. The highest BCUT2D eigenvalue weighted by Crippen LogP contribution is 2.31. The molecule has 1 aromatic heterocycles. The summed E-state index contributed by atoms with van der Waals surface area (Å²) in [6.07, 6.45) is 2.36. The summed E-state index contributed by atoms with van der Waals surface area (Å²) in [5.41, 5.74) is 5.86. The summed E-state index contributed by atoms with van der Waals surface area (Å²) < 4.78 is 1.40. The third-order valence-corrected chi connectivity index (χ3v) is 6.73. The van der Waals surface area contributed by atoms with Gasteiger partial charge in [-0.1, -0.05) is 18.2 Å². The molecule has 0 atom stereocenters. The Morgan fingerprint density at radius 1 is 0.962 bits per heavy atom. The van der Waals surface area contributed by atoms with Gasteiger partial charge in [-0.2, -0.15) is 0 Å². The van der Waals surface area contributed by atoms with Gasteiger partial charge in [0, 0.05) is 60.7 Å². The molecular weight excluding hydrogens is 338 g/mol. The fourth-order valence-electron chi connectivity index (χ4n) is 4.40. The lowest BCUT2D eigenvalue weighted by molar-refractivity contribution is 0.261. The summed E-state index contributed by atoms with van der Waals surface area (Å²) in [5, 5.41) is 7.12. The molecule has 0 unspecified atom stereocenters. The highest BCUT2D eigenvalue weighted by atomic mass is 32.1. The topological polar surface area (TPSA) is 18.5 Å². The minimum absolute atomic E-state index is 1.10. The summed E-state index contributed by atoms with van der Waals surface area (Å²) in [4.78, 5) is 5.20. The first-order chi connectivity index (χ1) is 12.9. The van der Waals surface area contributed by atoms with Gasteiger partial charge < -0.3 is 10.2 Å². The van der Waals surface area contributed by atoms with Crippen molar-refractivity contribution in [2.75, 3.05) is 49.5 Å². The van der Waals surface area contributed by atoms with Gasteiger partial charge in [-0.05, 0) is 53.6 Å². The molecule has 3 nitrogen and oxygen atoms in total. The molecular formula is C22H25N3S. The number of thiophene rings is 1. The number of nitrogens with one attached hydrogen (secondary N) is 1. The van der Waals surface area contributed by atoms with Gasteiger partial charge in [0.25, 0.3) is 0 Å². The maximum atomic E-state index is 3.50. The fourth-order valence-corrected chi connectivity index (χ4v) is 5.20. The van der Waals surface area contributed by atoms with Crippen molar-refractivity contribution in [2.45, 2.75) is 12.8 Å². The second kappa shape index (κ2) is 6.93. The van der Waals surface area contributed by atoms with Gasteiger partial charge in [0.05, 0.1) is 0 Å². The number of anilines is 2. The summed E-state index contributed by atoms with van der Waals surface area (Å²) in [5.74, 6) is 0. The van der Waals surface area contributed by atoms with E-state index < -0.39 is 0 Å². The molecule has 0 amide bonds. The molecule has 3 heterocycles. The lowest BCUT2D eigenvalue weighted by Crippen LogP contribution is -2.47. The average Bonchev–Trinajstić information content (AvgIpc) is 3.35. The number of piperazine rings is 1. The zero-order chi connectivity index (χ0) is 17.3. The molecule has 2 aliphatic heterocycles. The molecule has 0 radical (unpaired) electrons. The van der Waals surface area contributed by atoms with Crippen molar-refractivity contribution >= 4 is 32.8 Å². The summed E-state index contributed by atoms with van der Waals surface area (Å²) in [6, 6.07) is 15.7. The van der Waals surface area contributed by atoms with Crippen molar-refractivity contribution < 1.29 is 0 Å². The molecule has 0 spiro atoms. The van der Waals surface area contributed by atoms with Crippen LogP contribution in [-0.2, 0) is 12.8 Å². The van der Waals surface area contributed by atoms with Crippen LogP contribution in [-0.4, -0.2) is 44.2 Å². The van der Waals surface area contributed by atoms with Crippen LogP contribution in [0.3, 0.4) is 0 Å². The fraction of sp³-hybridized carbons (Fsp3) is 0.364. The second-order valence-electron chi connectivity index (χ2n) is 7.31. The Morgan fingerprint density at radius 2 is 1.85 bits per heavy atom. The highest BCUT2D eigenvalue weighted by molar-refractivity contribution is 7.17. The first-order valence-electron chi connectivity index (χ1n) is 9.67. The van der Waals surface area contributed by atoms with E-state index in [-0.39, 0.29) is 0 Å². The van der Waals surface area contributed by atoms with Crippen molar-refractivity contribution in [2.24, 2.45) is 0 Å². The molecule has 134 valence electrons. The van der Waals surface area contributed by atoms with Crippen molar-refractivity contribution in [3.8, 4) is 0 Å². The molecule has 3 aromatic rings. The zero-order valence-corrected chi connectivity index (χ0v) is 15.9. The van der Waals surface area contributed by atoms with Crippen LogP contribution in [0.2, 0.25) is 0 Å². The van der Waals surface area contributed by atoms with E-state index in [2.05, 4.69) is 63.0 Å². The zero-order valence-electron chi connectivity index (χ0n) is 15.1. The molecule has 4 heteroatoms. The molecule has 1 N–H and O–H groups in total. The summed E-state index contributed by atoms with van der Waals surface area (Å²) >= 11 is 1.84. The Kier molecular flexibility index (Phi) is 4.31. The van der Waals surface area contributed by atoms with Crippen LogP contribution in [0.4, 0.5) is 11.4 Å². The largest absolute Gasteiger partial charge is 0.384 e. The first kappa shape index (κ1) is 16.2. The normalized spacial score (nSPS) is 17.5. The lowest BCUT2D eigenvalue weighted by Gasteiger charge is -2.36. The van der Waals surface area contributed by atoms with Crippen molar-refractivity contribution in [3.63, 3.8) is 0 Å². The Morgan fingerprint density at radius 3 is 2.77 bits per heavy atom. The minimum atomic E-state index is 1.10. The molecule has 0 aliphatic carbocycles. The monoisotopic (exact) mass is 363 g/mol. The number of hydrogen-bond donors (Lipinski definition) is 1. The van der Waals surface area contributed by atoms with Crippen LogP contribution in [0.15, 0.2) is 47.8 Å². The van der Waals surface area contributed by atoms with Crippen molar-refractivity contribution in [3.05, 3.63) is 59.0 Å².